The standard InChI is InChI=1S/C30H39FO5/c1-23(2)30(32)36-29-17-14-25(20-28(29)31)24-12-15-26(16-13-24)34-19-11-9-7-5-3-4-6-8-10-18-33-21-27-22-35-27/h12-17,20,27H,1,3-11,18-19,21-22H2,2H3. The Morgan fingerprint density at radius 2 is 1.50 bits per heavy atom. The van der Waals surface area contributed by atoms with Gasteiger partial charge in [-0.1, -0.05) is 69.7 Å². The lowest BCUT2D eigenvalue weighted by Crippen LogP contribution is -2.09. The fourth-order valence-electron chi connectivity index (χ4n) is 3.81. The second-order valence-electron chi connectivity index (χ2n) is 9.40. The summed E-state index contributed by atoms with van der Waals surface area (Å²) in [6, 6.07) is 12.1. The van der Waals surface area contributed by atoms with Crippen LogP contribution in [0.3, 0.4) is 0 Å². The molecular weight excluding hydrogens is 459 g/mol. The molecule has 0 saturated carbocycles. The van der Waals surface area contributed by atoms with Crippen molar-refractivity contribution >= 4 is 5.97 Å². The summed E-state index contributed by atoms with van der Waals surface area (Å²) in [5.41, 5.74) is 1.78. The Morgan fingerprint density at radius 3 is 2.08 bits per heavy atom. The molecule has 0 spiro atoms. The van der Waals surface area contributed by atoms with Gasteiger partial charge >= 0.3 is 5.97 Å². The molecule has 2 aromatic rings. The van der Waals surface area contributed by atoms with Crippen LogP contribution in [0.1, 0.15) is 64.7 Å². The van der Waals surface area contributed by atoms with E-state index in [4.69, 9.17) is 18.9 Å². The Balaban J connectivity index is 1.22. The Morgan fingerprint density at radius 1 is 0.917 bits per heavy atom. The predicted molar refractivity (Wildman–Crippen MR) is 140 cm³/mol. The van der Waals surface area contributed by atoms with E-state index in [0.29, 0.717) is 18.3 Å². The van der Waals surface area contributed by atoms with E-state index in [0.717, 1.165) is 44.0 Å². The lowest BCUT2D eigenvalue weighted by atomic mass is 10.1. The minimum atomic E-state index is -0.643. The molecule has 1 heterocycles. The molecule has 1 aliphatic heterocycles. The largest absolute Gasteiger partial charge is 0.494 e. The summed E-state index contributed by atoms with van der Waals surface area (Å²) in [7, 11) is 0. The van der Waals surface area contributed by atoms with Crippen LogP contribution in [0.2, 0.25) is 0 Å². The third-order valence-electron chi connectivity index (χ3n) is 6.08. The van der Waals surface area contributed by atoms with Gasteiger partial charge in [0.05, 0.1) is 19.8 Å². The van der Waals surface area contributed by atoms with Gasteiger partial charge in [0.2, 0.25) is 0 Å². The minimum absolute atomic E-state index is 0.104. The molecular formula is C30H39FO5. The normalized spacial score (nSPS) is 14.4. The van der Waals surface area contributed by atoms with Crippen molar-refractivity contribution in [2.75, 3.05) is 26.4 Å². The highest BCUT2D eigenvalue weighted by Crippen LogP contribution is 2.27. The number of benzene rings is 2. The molecule has 0 N–H and O–H groups in total. The number of rotatable bonds is 18. The van der Waals surface area contributed by atoms with E-state index < -0.39 is 11.8 Å². The summed E-state index contributed by atoms with van der Waals surface area (Å²) >= 11 is 0. The molecule has 1 unspecified atom stereocenters. The fourth-order valence-corrected chi connectivity index (χ4v) is 3.81. The lowest BCUT2D eigenvalue weighted by Gasteiger charge is -2.09. The van der Waals surface area contributed by atoms with Gasteiger partial charge in [-0.05, 0) is 55.2 Å². The van der Waals surface area contributed by atoms with Gasteiger partial charge in [0.25, 0.3) is 0 Å². The molecule has 2 aromatic carbocycles. The van der Waals surface area contributed by atoms with Gasteiger partial charge in [-0.2, -0.15) is 0 Å². The van der Waals surface area contributed by atoms with E-state index in [1.165, 1.54) is 64.0 Å². The summed E-state index contributed by atoms with van der Waals surface area (Å²) in [6.07, 6.45) is 11.4. The maximum Gasteiger partial charge on any atom is 0.338 e. The van der Waals surface area contributed by atoms with E-state index in [2.05, 4.69) is 6.58 Å². The molecule has 36 heavy (non-hydrogen) atoms. The third-order valence-corrected chi connectivity index (χ3v) is 6.08. The van der Waals surface area contributed by atoms with Gasteiger partial charge in [-0.3, -0.25) is 0 Å². The van der Waals surface area contributed by atoms with Crippen LogP contribution in [0, 0.1) is 5.82 Å². The van der Waals surface area contributed by atoms with E-state index in [1.807, 2.05) is 24.3 Å². The van der Waals surface area contributed by atoms with E-state index >= 15 is 0 Å². The van der Waals surface area contributed by atoms with Crippen LogP contribution in [0.25, 0.3) is 11.1 Å². The van der Waals surface area contributed by atoms with Gasteiger partial charge in [-0.25, -0.2) is 9.18 Å². The second-order valence-corrected chi connectivity index (χ2v) is 9.40. The molecule has 0 radical (unpaired) electrons. The summed E-state index contributed by atoms with van der Waals surface area (Å²) < 4.78 is 35.9. The quantitative estimate of drug-likeness (QED) is 0.0711. The van der Waals surface area contributed by atoms with Crippen molar-refractivity contribution < 1.29 is 28.1 Å². The van der Waals surface area contributed by atoms with Crippen molar-refractivity contribution in [1.82, 2.24) is 0 Å². The van der Waals surface area contributed by atoms with E-state index in [1.54, 1.807) is 6.07 Å². The molecule has 196 valence electrons. The van der Waals surface area contributed by atoms with E-state index in [9.17, 15) is 9.18 Å². The number of carbonyl (C=O) groups excluding carboxylic acids is 1. The number of hydrogen-bond acceptors (Lipinski definition) is 5. The van der Waals surface area contributed by atoms with Crippen molar-refractivity contribution in [3.8, 4) is 22.6 Å². The molecule has 1 atom stereocenters. The molecule has 1 saturated heterocycles. The molecule has 1 aliphatic rings. The minimum Gasteiger partial charge on any atom is -0.494 e. The maximum atomic E-state index is 14.3. The Kier molecular flexibility index (Phi) is 11.9. The van der Waals surface area contributed by atoms with Gasteiger partial charge < -0.3 is 18.9 Å². The maximum absolute atomic E-state index is 14.3. The third kappa shape index (κ3) is 10.5. The van der Waals surface area contributed by atoms with Crippen LogP contribution in [0.5, 0.6) is 11.5 Å². The highest BCUT2D eigenvalue weighted by atomic mass is 19.1. The number of unbranched alkanes of at least 4 members (excludes halogenated alkanes) is 8. The second kappa shape index (κ2) is 15.4. The average Bonchev–Trinajstić information content (AvgIpc) is 3.70. The zero-order valence-electron chi connectivity index (χ0n) is 21.4. The van der Waals surface area contributed by atoms with E-state index in [-0.39, 0.29) is 11.3 Å². The van der Waals surface area contributed by atoms with Crippen molar-refractivity contribution in [3.05, 3.63) is 60.4 Å². The fraction of sp³-hybridized carbons (Fsp3) is 0.500. The zero-order chi connectivity index (χ0) is 25.6. The van der Waals surface area contributed by atoms with Crippen LogP contribution >= 0.6 is 0 Å². The molecule has 0 amide bonds. The molecule has 0 bridgehead atoms. The first-order valence-electron chi connectivity index (χ1n) is 13.1. The SMILES string of the molecule is C=C(C)C(=O)Oc1ccc(-c2ccc(OCCCCCCCCCCCOCC3CO3)cc2)cc1F. The molecule has 1 fully saturated rings. The van der Waals surface area contributed by atoms with Crippen molar-refractivity contribution in [1.29, 1.82) is 0 Å². The zero-order valence-corrected chi connectivity index (χ0v) is 21.4. The smallest absolute Gasteiger partial charge is 0.338 e. The first-order valence-corrected chi connectivity index (χ1v) is 13.1. The highest BCUT2D eigenvalue weighted by molar-refractivity contribution is 5.88. The molecule has 6 heteroatoms. The number of epoxide rings is 1. The van der Waals surface area contributed by atoms with Crippen molar-refractivity contribution in [2.45, 2.75) is 70.8 Å². The van der Waals surface area contributed by atoms with Gasteiger partial charge in [0.1, 0.15) is 11.9 Å². The number of carbonyl (C=O) groups is 1. The summed E-state index contributed by atoms with van der Waals surface area (Å²) in [5, 5.41) is 0. The van der Waals surface area contributed by atoms with Crippen LogP contribution < -0.4 is 9.47 Å². The van der Waals surface area contributed by atoms with Gasteiger partial charge in [0.15, 0.2) is 11.6 Å². The van der Waals surface area contributed by atoms with Crippen LogP contribution in [-0.4, -0.2) is 38.5 Å². The number of halogens is 1. The monoisotopic (exact) mass is 498 g/mol. The van der Waals surface area contributed by atoms with Crippen LogP contribution in [0.4, 0.5) is 4.39 Å². The summed E-state index contributed by atoms with van der Waals surface area (Å²) in [6.45, 7) is 8.22. The van der Waals surface area contributed by atoms with Gasteiger partial charge in [-0.15, -0.1) is 0 Å². The molecule has 3 rings (SSSR count). The number of ether oxygens (including phenoxy) is 4. The first-order chi connectivity index (χ1) is 17.5. The average molecular weight is 499 g/mol. The Hall–Kier alpha value is -2.70. The Bertz CT molecular complexity index is 952. The molecule has 0 aliphatic carbocycles. The topological polar surface area (TPSA) is 57.3 Å². The lowest BCUT2D eigenvalue weighted by molar-refractivity contribution is -0.130. The summed E-state index contributed by atoms with van der Waals surface area (Å²) in [5.74, 6) is -0.532. The Labute approximate surface area is 214 Å². The predicted octanol–water partition coefficient (Wildman–Crippen LogP) is 7.28. The van der Waals surface area contributed by atoms with Gasteiger partial charge in [0, 0.05) is 12.2 Å². The first kappa shape index (κ1) is 27.9. The highest BCUT2D eigenvalue weighted by Gasteiger charge is 2.21. The van der Waals surface area contributed by atoms with Crippen molar-refractivity contribution in [2.24, 2.45) is 0 Å². The molecule has 0 aromatic heterocycles. The summed E-state index contributed by atoms with van der Waals surface area (Å²) in [4.78, 5) is 11.6. The number of hydrogen-bond donors (Lipinski definition) is 0. The van der Waals surface area contributed by atoms with Crippen LogP contribution in [0.15, 0.2) is 54.6 Å². The number of esters is 1. The molecule has 5 nitrogen and oxygen atoms in total. The van der Waals surface area contributed by atoms with Crippen molar-refractivity contribution in [3.63, 3.8) is 0 Å². The van der Waals surface area contributed by atoms with Crippen LogP contribution in [-0.2, 0) is 14.3 Å².